The van der Waals surface area contributed by atoms with Crippen molar-refractivity contribution in [2.75, 3.05) is 0 Å². The average Bonchev–Trinajstić information content (AvgIpc) is 2.79. The van der Waals surface area contributed by atoms with Crippen molar-refractivity contribution >= 4 is 18.0 Å². The number of halogens is 1. The van der Waals surface area contributed by atoms with Crippen LogP contribution in [0, 0.1) is 17.1 Å². The molecular formula is C24H25FN4O4. The highest BCUT2D eigenvalue weighted by Gasteiger charge is 2.31. The fourth-order valence-corrected chi connectivity index (χ4v) is 4.06. The fraction of sp³-hybridized carbons (Fsp3) is 0.333. The smallest absolute Gasteiger partial charge is 0.415 e. The Morgan fingerprint density at radius 2 is 1.76 bits per heavy atom. The van der Waals surface area contributed by atoms with Gasteiger partial charge in [0.1, 0.15) is 11.9 Å². The molecular weight excluding hydrogens is 427 g/mol. The molecule has 0 radical (unpaired) electrons. The molecule has 4 amide bonds. The Morgan fingerprint density at radius 1 is 1.12 bits per heavy atom. The summed E-state index contributed by atoms with van der Waals surface area (Å²) in [5.74, 6) is -1.55. The molecule has 0 spiro atoms. The first-order valence-electron chi connectivity index (χ1n) is 10.7. The second kappa shape index (κ2) is 10.6. The predicted octanol–water partition coefficient (Wildman–Crippen LogP) is 4.05. The molecule has 9 heteroatoms. The molecule has 1 atom stereocenters. The highest BCUT2D eigenvalue weighted by molar-refractivity contribution is 5.93. The summed E-state index contributed by atoms with van der Waals surface area (Å²) in [7, 11) is 0. The first-order valence-corrected chi connectivity index (χ1v) is 10.7. The van der Waals surface area contributed by atoms with E-state index in [9.17, 15) is 29.1 Å². The molecule has 3 rings (SSSR count). The fourth-order valence-electron chi connectivity index (χ4n) is 4.06. The second-order valence-electron chi connectivity index (χ2n) is 8.04. The molecule has 0 saturated heterocycles. The number of nitrogens with two attached hydrogens (primary N) is 1. The Balaban J connectivity index is 1.67. The third-order valence-electron chi connectivity index (χ3n) is 5.78. The number of benzene rings is 2. The van der Waals surface area contributed by atoms with Crippen molar-refractivity contribution in [2.24, 2.45) is 5.73 Å². The standard InChI is InChI=1S/C24H25FN4O4/c25-21-13-17(10-11-20(21)22(27)30)16-8-6-15(7-9-16)12-18(14-26)28-23(31)29(24(32)33)19-4-2-1-3-5-19/h6-11,13,18-19H,1-5,12H2,(H2,27,30)(H,28,31)(H,32,33). The minimum absolute atomic E-state index is 0.176. The van der Waals surface area contributed by atoms with Crippen LogP contribution in [-0.4, -0.2) is 40.1 Å². The summed E-state index contributed by atoms with van der Waals surface area (Å²) in [6, 6.07) is 11.0. The Hall–Kier alpha value is -3.93. The Morgan fingerprint density at radius 3 is 2.30 bits per heavy atom. The largest absolute Gasteiger partial charge is 0.465 e. The number of imide groups is 1. The first kappa shape index (κ1) is 23.7. The normalized spacial score (nSPS) is 14.7. The van der Waals surface area contributed by atoms with Gasteiger partial charge >= 0.3 is 12.1 Å². The number of urea groups is 1. The minimum Gasteiger partial charge on any atom is -0.465 e. The van der Waals surface area contributed by atoms with Gasteiger partial charge < -0.3 is 16.2 Å². The molecule has 0 aromatic heterocycles. The van der Waals surface area contributed by atoms with Gasteiger partial charge in [-0.2, -0.15) is 5.26 Å². The lowest BCUT2D eigenvalue weighted by Gasteiger charge is -2.31. The van der Waals surface area contributed by atoms with E-state index in [0.29, 0.717) is 24.0 Å². The van der Waals surface area contributed by atoms with Gasteiger partial charge in [0.2, 0.25) is 0 Å². The van der Waals surface area contributed by atoms with Crippen LogP contribution in [0.2, 0.25) is 0 Å². The average molecular weight is 452 g/mol. The van der Waals surface area contributed by atoms with E-state index in [1.165, 1.54) is 12.1 Å². The molecule has 0 heterocycles. The zero-order chi connectivity index (χ0) is 24.0. The minimum atomic E-state index is -1.32. The monoisotopic (exact) mass is 452 g/mol. The molecule has 172 valence electrons. The van der Waals surface area contributed by atoms with Crippen LogP contribution in [0.4, 0.5) is 14.0 Å². The molecule has 8 nitrogen and oxygen atoms in total. The summed E-state index contributed by atoms with van der Waals surface area (Å²) >= 11 is 0. The SMILES string of the molecule is N#CC(Cc1ccc(-c2ccc(C(N)=O)c(F)c2)cc1)NC(=O)N(C(=O)O)C1CCCCC1. The molecule has 4 N–H and O–H groups in total. The van der Waals surface area contributed by atoms with Crippen molar-refractivity contribution < 1.29 is 23.9 Å². The summed E-state index contributed by atoms with van der Waals surface area (Å²) in [5, 5.41) is 21.5. The third-order valence-corrected chi connectivity index (χ3v) is 5.78. The van der Waals surface area contributed by atoms with Crippen LogP contribution >= 0.6 is 0 Å². The van der Waals surface area contributed by atoms with E-state index in [1.54, 1.807) is 30.3 Å². The van der Waals surface area contributed by atoms with E-state index in [4.69, 9.17) is 5.73 Å². The van der Waals surface area contributed by atoms with Crippen molar-refractivity contribution in [3.8, 4) is 17.2 Å². The number of rotatable bonds is 6. The van der Waals surface area contributed by atoms with Crippen molar-refractivity contribution in [2.45, 2.75) is 50.6 Å². The zero-order valence-electron chi connectivity index (χ0n) is 18.0. The van der Waals surface area contributed by atoms with Crippen LogP contribution < -0.4 is 11.1 Å². The van der Waals surface area contributed by atoms with E-state index in [-0.39, 0.29) is 18.0 Å². The van der Waals surface area contributed by atoms with E-state index in [2.05, 4.69) is 5.32 Å². The summed E-state index contributed by atoms with van der Waals surface area (Å²) < 4.78 is 14.0. The highest BCUT2D eigenvalue weighted by Crippen LogP contribution is 2.24. The van der Waals surface area contributed by atoms with E-state index < -0.39 is 29.9 Å². The number of carboxylic acid groups (broad SMARTS) is 1. The number of nitrogens with one attached hydrogen (secondary N) is 1. The lowest BCUT2D eigenvalue weighted by molar-refractivity contribution is 0.0996. The van der Waals surface area contributed by atoms with Gasteiger partial charge in [0.15, 0.2) is 0 Å². The van der Waals surface area contributed by atoms with Crippen molar-refractivity contribution in [3.63, 3.8) is 0 Å². The lowest BCUT2D eigenvalue weighted by Crippen LogP contribution is -2.52. The van der Waals surface area contributed by atoms with Crippen LogP contribution in [0.5, 0.6) is 0 Å². The number of primary amides is 1. The molecule has 33 heavy (non-hydrogen) atoms. The number of carbonyl (C=O) groups excluding carboxylic acids is 2. The van der Waals surface area contributed by atoms with Crippen molar-refractivity contribution in [3.05, 3.63) is 59.4 Å². The molecule has 0 aliphatic heterocycles. The maximum atomic E-state index is 14.0. The number of nitrogens with zero attached hydrogens (tertiary/aromatic N) is 2. The van der Waals surface area contributed by atoms with Crippen LogP contribution in [0.3, 0.4) is 0 Å². The molecule has 1 unspecified atom stereocenters. The predicted molar refractivity (Wildman–Crippen MR) is 119 cm³/mol. The summed E-state index contributed by atoms with van der Waals surface area (Å²) in [4.78, 5) is 36.2. The van der Waals surface area contributed by atoms with Crippen molar-refractivity contribution in [1.82, 2.24) is 10.2 Å². The first-order chi connectivity index (χ1) is 15.8. The number of nitriles is 1. The third kappa shape index (κ3) is 5.86. The Kier molecular flexibility index (Phi) is 7.61. The van der Waals surface area contributed by atoms with E-state index >= 15 is 0 Å². The Labute approximate surface area is 190 Å². The number of hydrogen-bond acceptors (Lipinski definition) is 4. The van der Waals surface area contributed by atoms with E-state index in [1.807, 2.05) is 6.07 Å². The second-order valence-corrected chi connectivity index (χ2v) is 8.04. The summed E-state index contributed by atoms with van der Waals surface area (Å²) in [6.45, 7) is 0. The quantitative estimate of drug-likeness (QED) is 0.607. The van der Waals surface area contributed by atoms with Crippen LogP contribution in [0.25, 0.3) is 11.1 Å². The van der Waals surface area contributed by atoms with E-state index in [0.717, 1.165) is 29.7 Å². The maximum Gasteiger partial charge on any atom is 0.415 e. The molecule has 2 aromatic carbocycles. The number of hydrogen-bond donors (Lipinski definition) is 3. The van der Waals surface area contributed by atoms with Crippen LogP contribution in [0.15, 0.2) is 42.5 Å². The Bertz CT molecular complexity index is 1070. The van der Waals surface area contributed by atoms with Gasteiger partial charge in [-0.25, -0.2) is 18.9 Å². The van der Waals surface area contributed by atoms with Gasteiger partial charge in [-0.05, 0) is 41.7 Å². The topological polar surface area (TPSA) is 137 Å². The van der Waals surface area contributed by atoms with Gasteiger partial charge in [-0.1, -0.05) is 49.6 Å². The molecule has 2 aromatic rings. The molecule has 1 aliphatic carbocycles. The number of amides is 4. The van der Waals surface area contributed by atoms with Crippen LogP contribution in [0.1, 0.15) is 48.0 Å². The van der Waals surface area contributed by atoms with Gasteiger partial charge in [0.05, 0.1) is 11.6 Å². The van der Waals surface area contributed by atoms with Gasteiger partial charge in [0, 0.05) is 12.5 Å². The van der Waals surface area contributed by atoms with Crippen LogP contribution in [-0.2, 0) is 6.42 Å². The molecule has 1 aliphatic rings. The molecule has 0 bridgehead atoms. The summed E-state index contributed by atoms with van der Waals surface area (Å²) in [6.07, 6.45) is 2.85. The van der Waals surface area contributed by atoms with Gasteiger partial charge in [0.25, 0.3) is 5.91 Å². The maximum absolute atomic E-state index is 14.0. The molecule has 1 fully saturated rings. The van der Waals surface area contributed by atoms with Gasteiger partial charge in [-0.15, -0.1) is 0 Å². The highest BCUT2D eigenvalue weighted by atomic mass is 19.1. The van der Waals surface area contributed by atoms with Gasteiger partial charge in [-0.3, -0.25) is 4.79 Å². The zero-order valence-corrected chi connectivity index (χ0v) is 18.0. The van der Waals surface area contributed by atoms with Crippen molar-refractivity contribution in [1.29, 1.82) is 5.26 Å². The summed E-state index contributed by atoms with van der Waals surface area (Å²) in [5.41, 5.74) is 6.92. The lowest BCUT2D eigenvalue weighted by atomic mass is 9.94. The number of carbonyl (C=O) groups is 3. The molecule has 1 saturated carbocycles.